The summed E-state index contributed by atoms with van der Waals surface area (Å²) in [6, 6.07) is 6.68. The first kappa shape index (κ1) is 13.2. The molecule has 0 saturated heterocycles. The van der Waals surface area contributed by atoms with Crippen LogP contribution in [0.3, 0.4) is 0 Å². The third-order valence-corrected chi connectivity index (χ3v) is 3.85. The van der Waals surface area contributed by atoms with Crippen molar-refractivity contribution < 1.29 is 0 Å². The van der Waals surface area contributed by atoms with Gasteiger partial charge in [0.2, 0.25) is 0 Å². The van der Waals surface area contributed by atoms with E-state index in [0.717, 1.165) is 0 Å². The summed E-state index contributed by atoms with van der Waals surface area (Å²) in [6.45, 7) is 4.39. The zero-order valence-electron chi connectivity index (χ0n) is 9.39. The highest BCUT2D eigenvalue weighted by Crippen LogP contribution is 2.27. The summed E-state index contributed by atoms with van der Waals surface area (Å²) in [5.41, 5.74) is 2.77. The summed E-state index contributed by atoms with van der Waals surface area (Å²) in [7, 11) is 0. The molecule has 0 aromatic heterocycles. The van der Waals surface area contributed by atoms with Crippen LogP contribution in [0.2, 0.25) is 0 Å². The van der Waals surface area contributed by atoms with E-state index in [1.165, 1.54) is 41.3 Å². The maximum Gasteiger partial charge on any atom is 0.0367 e. The molecule has 0 radical (unpaired) electrons. The van der Waals surface area contributed by atoms with Crippen molar-refractivity contribution in [1.29, 1.82) is 0 Å². The van der Waals surface area contributed by atoms with Gasteiger partial charge in [-0.3, -0.25) is 0 Å². The summed E-state index contributed by atoms with van der Waals surface area (Å²) in [4.78, 5) is 0.429. The zero-order chi connectivity index (χ0) is 11.3. The first-order valence-corrected chi connectivity index (χ1v) is 7.28. The topological polar surface area (TPSA) is 0 Å². The molecule has 0 spiro atoms. The number of benzene rings is 1. The molecule has 0 bridgehead atoms. The van der Waals surface area contributed by atoms with E-state index >= 15 is 0 Å². The van der Waals surface area contributed by atoms with Crippen molar-refractivity contribution in [2.45, 2.75) is 44.4 Å². The van der Waals surface area contributed by atoms with Gasteiger partial charge in [0.25, 0.3) is 0 Å². The fourth-order valence-electron chi connectivity index (χ4n) is 1.58. The molecule has 0 aliphatic carbocycles. The Balaban J connectivity index is 2.66. The van der Waals surface area contributed by atoms with Crippen molar-refractivity contribution in [3.63, 3.8) is 0 Å². The molecule has 0 amide bonds. The third-order valence-electron chi connectivity index (χ3n) is 2.59. The molecule has 0 nitrogen and oxygen atoms in total. The normalized spacial score (nSPS) is 12.8. The molecule has 1 aromatic carbocycles. The quantitative estimate of drug-likeness (QED) is 0.483. The van der Waals surface area contributed by atoms with Crippen LogP contribution < -0.4 is 0 Å². The van der Waals surface area contributed by atoms with Gasteiger partial charge in [-0.15, -0.1) is 0 Å². The van der Waals surface area contributed by atoms with E-state index in [9.17, 15) is 0 Å². The second-order valence-corrected chi connectivity index (χ2v) is 6.15. The van der Waals surface area contributed by atoms with E-state index < -0.39 is 0 Å². The SMILES string of the molecule is CCCCCc1ccc(C(C)Br)cc1Br. The van der Waals surface area contributed by atoms with Gasteiger partial charge in [-0.2, -0.15) is 0 Å². The Hall–Kier alpha value is 0.180. The molecule has 0 N–H and O–H groups in total. The monoisotopic (exact) mass is 332 g/mol. The second kappa shape index (κ2) is 6.70. The molecule has 1 unspecified atom stereocenters. The lowest BCUT2D eigenvalue weighted by atomic mass is 10.0. The zero-order valence-corrected chi connectivity index (χ0v) is 12.6. The van der Waals surface area contributed by atoms with Crippen LogP contribution in [-0.2, 0) is 6.42 Å². The average Bonchev–Trinajstić information content (AvgIpc) is 2.20. The molecule has 2 heteroatoms. The van der Waals surface area contributed by atoms with Crippen LogP contribution in [0.4, 0.5) is 0 Å². The molecule has 0 fully saturated rings. The number of halogens is 2. The first-order chi connectivity index (χ1) is 7.15. The Kier molecular flexibility index (Phi) is 5.91. The van der Waals surface area contributed by atoms with Crippen LogP contribution in [0.25, 0.3) is 0 Å². The summed E-state index contributed by atoms with van der Waals surface area (Å²) in [5.74, 6) is 0. The molecule has 15 heavy (non-hydrogen) atoms. The summed E-state index contributed by atoms with van der Waals surface area (Å²) >= 11 is 7.23. The lowest BCUT2D eigenvalue weighted by Gasteiger charge is -2.08. The van der Waals surface area contributed by atoms with Gasteiger partial charge >= 0.3 is 0 Å². The molecule has 0 heterocycles. The standard InChI is InChI=1S/C13H18Br2/c1-3-4-5-6-11-7-8-12(10(2)14)9-13(11)15/h7-10H,3-6H2,1-2H3. The van der Waals surface area contributed by atoms with Crippen molar-refractivity contribution >= 4 is 31.9 Å². The van der Waals surface area contributed by atoms with Gasteiger partial charge in [0.1, 0.15) is 0 Å². The number of unbranched alkanes of at least 4 members (excludes halogenated alkanes) is 2. The molecular formula is C13H18Br2. The fourth-order valence-corrected chi connectivity index (χ4v) is 2.46. The highest BCUT2D eigenvalue weighted by Gasteiger charge is 2.04. The maximum absolute atomic E-state index is 3.65. The number of alkyl halides is 1. The summed E-state index contributed by atoms with van der Waals surface area (Å²) < 4.78 is 1.25. The Morgan fingerprint density at radius 3 is 2.53 bits per heavy atom. The molecule has 84 valence electrons. The Morgan fingerprint density at radius 1 is 1.27 bits per heavy atom. The predicted octanol–water partition coefficient (Wildman–Crippen LogP) is 5.64. The minimum Gasteiger partial charge on any atom is -0.0842 e. The van der Waals surface area contributed by atoms with Crippen molar-refractivity contribution in [1.82, 2.24) is 0 Å². The lowest BCUT2D eigenvalue weighted by molar-refractivity contribution is 0.716. The van der Waals surface area contributed by atoms with E-state index in [4.69, 9.17) is 0 Å². The summed E-state index contributed by atoms with van der Waals surface area (Å²) in [5, 5.41) is 0. The van der Waals surface area contributed by atoms with Gasteiger partial charge in [-0.05, 0) is 37.0 Å². The van der Waals surface area contributed by atoms with Gasteiger partial charge in [0.05, 0.1) is 0 Å². The predicted molar refractivity (Wildman–Crippen MR) is 74.7 cm³/mol. The van der Waals surface area contributed by atoms with Crippen LogP contribution in [0, 0.1) is 0 Å². The Morgan fingerprint density at radius 2 is 2.00 bits per heavy atom. The molecular weight excluding hydrogens is 316 g/mol. The smallest absolute Gasteiger partial charge is 0.0367 e. The fraction of sp³-hybridized carbons (Fsp3) is 0.538. The van der Waals surface area contributed by atoms with Crippen LogP contribution in [-0.4, -0.2) is 0 Å². The summed E-state index contributed by atoms with van der Waals surface area (Å²) in [6.07, 6.45) is 5.08. The van der Waals surface area contributed by atoms with E-state index in [2.05, 4.69) is 63.9 Å². The van der Waals surface area contributed by atoms with Crippen molar-refractivity contribution in [2.75, 3.05) is 0 Å². The Bertz CT molecular complexity index is 305. The molecule has 1 aromatic rings. The van der Waals surface area contributed by atoms with Crippen molar-refractivity contribution in [3.8, 4) is 0 Å². The minimum atomic E-state index is 0.429. The molecule has 0 saturated carbocycles. The van der Waals surface area contributed by atoms with E-state index in [-0.39, 0.29) is 0 Å². The van der Waals surface area contributed by atoms with Gasteiger partial charge in [-0.1, -0.05) is 63.8 Å². The van der Waals surface area contributed by atoms with Crippen molar-refractivity contribution in [2.24, 2.45) is 0 Å². The van der Waals surface area contributed by atoms with E-state index in [0.29, 0.717) is 4.83 Å². The number of hydrogen-bond donors (Lipinski definition) is 0. The highest BCUT2D eigenvalue weighted by atomic mass is 79.9. The molecule has 1 atom stereocenters. The van der Waals surface area contributed by atoms with Gasteiger partial charge in [0, 0.05) is 9.30 Å². The number of hydrogen-bond acceptors (Lipinski definition) is 0. The minimum absolute atomic E-state index is 0.429. The van der Waals surface area contributed by atoms with Crippen LogP contribution in [0.15, 0.2) is 22.7 Å². The second-order valence-electron chi connectivity index (χ2n) is 3.92. The number of aryl methyl sites for hydroxylation is 1. The van der Waals surface area contributed by atoms with Crippen molar-refractivity contribution in [3.05, 3.63) is 33.8 Å². The maximum atomic E-state index is 3.65. The molecule has 0 aliphatic rings. The van der Waals surface area contributed by atoms with E-state index in [1.54, 1.807) is 0 Å². The Labute approximate surface area is 110 Å². The average molecular weight is 334 g/mol. The van der Waals surface area contributed by atoms with Gasteiger partial charge < -0.3 is 0 Å². The third kappa shape index (κ3) is 4.28. The molecule has 0 aliphatic heterocycles. The van der Waals surface area contributed by atoms with E-state index in [1.807, 2.05) is 0 Å². The molecule has 1 rings (SSSR count). The number of rotatable bonds is 5. The van der Waals surface area contributed by atoms with Gasteiger partial charge in [0.15, 0.2) is 0 Å². The largest absolute Gasteiger partial charge is 0.0842 e. The first-order valence-electron chi connectivity index (χ1n) is 5.57. The van der Waals surface area contributed by atoms with Gasteiger partial charge in [-0.25, -0.2) is 0 Å². The van der Waals surface area contributed by atoms with Crippen LogP contribution >= 0.6 is 31.9 Å². The lowest BCUT2D eigenvalue weighted by Crippen LogP contribution is -1.90. The highest BCUT2D eigenvalue weighted by molar-refractivity contribution is 9.10. The van der Waals surface area contributed by atoms with Crippen LogP contribution in [0.1, 0.15) is 49.1 Å². The van der Waals surface area contributed by atoms with Crippen LogP contribution in [0.5, 0.6) is 0 Å².